The summed E-state index contributed by atoms with van der Waals surface area (Å²) in [5, 5.41) is 20.3. The molecular formula is C21H17N3O2. The summed E-state index contributed by atoms with van der Waals surface area (Å²) in [7, 11) is 0. The standard InChI is InChI=1S/C21H17N3O2/c1-2-24-18-10-6-5-9-16(18)20(21(24)26)23-22-13-17-15-8-4-3-7-14(15)11-12-19(17)25/h3-13,25H,2H2,1H3/b22-13+,23-20+. The molecule has 0 aromatic heterocycles. The van der Waals surface area contributed by atoms with E-state index in [1.54, 1.807) is 11.0 Å². The second-order valence-electron chi connectivity index (χ2n) is 5.98. The van der Waals surface area contributed by atoms with Gasteiger partial charge >= 0.3 is 0 Å². The third-order valence-corrected chi connectivity index (χ3v) is 4.51. The van der Waals surface area contributed by atoms with Crippen molar-refractivity contribution < 1.29 is 9.90 Å². The molecule has 26 heavy (non-hydrogen) atoms. The number of hydrogen-bond donors (Lipinski definition) is 1. The number of para-hydroxylation sites is 1. The van der Waals surface area contributed by atoms with E-state index >= 15 is 0 Å². The molecule has 0 unspecified atom stereocenters. The second-order valence-corrected chi connectivity index (χ2v) is 5.98. The Morgan fingerprint density at radius 1 is 1.04 bits per heavy atom. The van der Waals surface area contributed by atoms with Crippen LogP contribution in [0.4, 0.5) is 5.69 Å². The molecule has 4 rings (SSSR count). The lowest BCUT2D eigenvalue weighted by atomic mass is 10.0. The van der Waals surface area contributed by atoms with Crippen LogP contribution in [0.25, 0.3) is 10.8 Å². The van der Waals surface area contributed by atoms with Gasteiger partial charge in [0.25, 0.3) is 5.91 Å². The largest absolute Gasteiger partial charge is 0.507 e. The molecule has 0 fully saturated rings. The fourth-order valence-electron chi connectivity index (χ4n) is 3.24. The molecule has 0 saturated heterocycles. The van der Waals surface area contributed by atoms with Gasteiger partial charge in [0.2, 0.25) is 0 Å². The maximum absolute atomic E-state index is 12.6. The quantitative estimate of drug-likeness (QED) is 0.582. The first-order chi connectivity index (χ1) is 12.7. The van der Waals surface area contributed by atoms with Crippen LogP contribution in [0.1, 0.15) is 18.1 Å². The Labute approximate surface area is 150 Å². The van der Waals surface area contributed by atoms with Gasteiger partial charge in [-0.15, -0.1) is 5.10 Å². The number of likely N-dealkylation sites (N-methyl/N-ethyl adjacent to an activating group) is 1. The van der Waals surface area contributed by atoms with Crippen LogP contribution in [0.3, 0.4) is 0 Å². The Balaban J connectivity index is 1.75. The van der Waals surface area contributed by atoms with E-state index in [9.17, 15) is 9.90 Å². The number of nitrogens with zero attached hydrogens (tertiary/aromatic N) is 3. The van der Waals surface area contributed by atoms with Crippen LogP contribution in [0.15, 0.2) is 70.9 Å². The van der Waals surface area contributed by atoms with Crippen molar-refractivity contribution in [1.29, 1.82) is 0 Å². The Morgan fingerprint density at radius 2 is 1.81 bits per heavy atom. The van der Waals surface area contributed by atoms with E-state index in [-0.39, 0.29) is 11.7 Å². The SMILES string of the molecule is CCN1C(=O)/C(=N/N=C/c2c(O)ccc3ccccc23)c2ccccc21. The molecule has 1 amide bonds. The van der Waals surface area contributed by atoms with Crippen molar-refractivity contribution in [1.82, 2.24) is 0 Å². The fraction of sp³-hybridized carbons (Fsp3) is 0.0952. The smallest absolute Gasteiger partial charge is 0.279 e. The molecule has 0 atom stereocenters. The summed E-state index contributed by atoms with van der Waals surface area (Å²) in [6.45, 7) is 2.50. The zero-order valence-electron chi connectivity index (χ0n) is 14.3. The molecule has 5 nitrogen and oxygen atoms in total. The lowest BCUT2D eigenvalue weighted by Crippen LogP contribution is -2.29. The van der Waals surface area contributed by atoms with Crippen molar-refractivity contribution >= 4 is 34.3 Å². The molecule has 1 heterocycles. The third kappa shape index (κ3) is 2.54. The highest BCUT2D eigenvalue weighted by Crippen LogP contribution is 2.29. The lowest BCUT2D eigenvalue weighted by molar-refractivity contribution is -0.112. The number of amides is 1. The molecule has 1 aliphatic heterocycles. The zero-order valence-corrected chi connectivity index (χ0v) is 14.3. The van der Waals surface area contributed by atoms with Crippen LogP contribution < -0.4 is 4.90 Å². The first kappa shape index (κ1) is 16.0. The summed E-state index contributed by atoms with van der Waals surface area (Å²) >= 11 is 0. The number of phenols is 1. The minimum Gasteiger partial charge on any atom is -0.507 e. The van der Waals surface area contributed by atoms with E-state index in [0.29, 0.717) is 17.8 Å². The van der Waals surface area contributed by atoms with E-state index in [1.807, 2.05) is 61.5 Å². The summed E-state index contributed by atoms with van der Waals surface area (Å²) in [6, 6.07) is 18.7. The van der Waals surface area contributed by atoms with Crippen LogP contribution in [-0.2, 0) is 4.79 Å². The Bertz CT molecular complexity index is 1070. The van der Waals surface area contributed by atoms with E-state index in [1.165, 1.54) is 6.21 Å². The van der Waals surface area contributed by atoms with Crippen LogP contribution in [0, 0.1) is 0 Å². The number of carbonyl (C=O) groups is 1. The molecule has 5 heteroatoms. The van der Waals surface area contributed by atoms with Crippen LogP contribution in [0.5, 0.6) is 5.75 Å². The van der Waals surface area contributed by atoms with Gasteiger partial charge in [-0.3, -0.25) is 4.79 Å². The molecule has 0 spiro atoms. The molecule has 3 aromatic carbocycles. The summed E-state index contributed by atoms with van der Waals surface area (Å²) in [5.41, 5.74) is 2.53. The highest BCUT2D eigenvalue weighted by Gasteiger charge is 2.32. The number of fused-ring (bicyclic) bond motifs is 2. The van der Waals surface area contributed by atoms with E-state index in [2.05, 4.69) is 10.2 Å². The Hall–Kier alpha value is -3.47. The number of carbonyl (C=O) groups excluding carboxylic acids is 1. The van der Waals surface area contributed by atoms with E-state index in [0.717, 1.165) is 22.0 Å². The first-order valence-electron chi connectivity index (χ1n) is 8.43. The molecule has 1 N–H and O–H groups in total. The summed E-state index contributed by atoms with van der Waals surface area (Å²) in [6.07, 6.45) is 1.50. The average Bonchev–Trinajstić information content (AvgIpc) is 2.94. The summed E-state index contributed by atoms with van der Waals surface area (Å²) in [5.74, 6) is -0.0334. The van der Waals surface area contributed by atoms with Gasteiger partial charge in [0, 0.05) is 17.7 Å². The van der Waals surface area contributed by atoms with Crippen molar-refractivity contribution in [3.63, 3.8) is 0 Å². The molecule has 128 valence electrons. The van der Waals surface area contributed by atoms with Crippen LogP contribution in [0.2, 0.25) is 0 Å². The fourth-order valence-corrected chi connectivity index (χ4v) is 3.24. The molecular weight excluding hydrogens is 326 g/mol. The maximum Gasteiger partial charge on any atom is 0.279 e. The van der Waals surface area contributed by atoms with E-state index in [4.69, 9.17) is 0 Å². The van der Waals surface area contributed by atoms with Gasteiger partial charge in [0.1, 0.15) is 5.75 Å². The highest BCUT2D eigenvalue weighted by atomic mass is 16.3. The van der Waals surface area contributed by atoms with E-state index < -0.39 is 0 Å². The van der Waals surface area contributed by atoms with Crippen molar-refractivity contribution in [2.45, 2.75) is 6.92 Å². The number of benzene rings is 3. The molecule has 3 aromatic rings. The predicted molar refractivity (Wildman–Crippen MR) is 104 cm³/mol. The van der Waals surface area contributed by atoms with Crippen LogP contribution >= 0.6 is 0 Å². The van der Waals surface area contributed by atoms with Gasteiger partial charge in [-0.25, -0.2) is 0 Å². The second kappa shape index (κ2) is 6.44. The number of aromatic hydroxyl groups is 1. The van der Waals surface area contributed by atoms with Gasteiger partial charge < -0.3 is 10.0 Å². The number of hydrogen-bond acceptors (Lipinski definition) is 4. The summed E-state index contributed by atoms with van der Waals surface area (Å²) in [4.78, 5) is 14.3. The molecule has 0 radical (unpaired) electrons. The lowest BCUT2D eigenvalue weighted by Gasteiger charge is -2.12. The molecule has 0 saturated carbocycles. The molecule has 0 bridgehead atoms. The van der Waals surface area contributed by atoms with Crippen LogP contribution in [-0.4, -0.2) is 29.5 Å². The maximum atomic E-state index is 12.6. The minimum absolute atomic E-state index is 0.126. The normalized spacial score (nSPS) is 15.3. The third-order valence-electron chi connectivity index (χ3n) is 4.51. The predicted octanol–water partition coefficient (Wildman–Crippen LogP) is 3.74. The van der Waals surface area contributed by atoms with Crippen molar-refractivity contribution in [3.05, 3.63) is 71.8 Å². The number of anilines is 1. The van der Waals surface area contributed by atoms with Gasteiger partial charge in [0.05, 0.1) is 11.9 Å². The van der Waals surface area contributed by atoms with Crippen molar-refractivity contribution in [3.8, 4) is 5.75 Å². The monoisotopic (exact) mass is 343 g/mol. The van der Waals surface area contributed by atoms with Gasteiger partial charge in [-0.2, -0.15) is 5.10 Å². The minimum atomic E-state index is -0.159. The highest BCUT2D eigenvalue weighted by molar-refractivity contribution is 6.54. The first-order valence-corrected chi connectivity index (χ1v) is 8.43. The Morgan fingerprint density at radius 3 is 2.65 bits per heavy atom. The topological polar surface area (TPSA) is 65.3 Å². The molecule has 0 aliphatic carbocycles. The summed E-state index contributed by atoms with van der Waals surface area (Å²) < 4.78 is 0. The number of rotatable bonds is 3. The van der Waals surface area contributed by atoms with Crippen molar-refractivity contribution in [2.24, 2.45) is 10.2 Å². The van der Waals surface area contributed by atoms with Crippen molar-refractivity contribution in [2.75, 3.05) is 11.4 Å². The number of phenolic OH excluding ortho intramolecular Hbond substituents is 1. The average molecular weight is 343 g/mol. The zero-order chi connectivity index (χ0) is 18.1. The van der Waals surface area contributed by atoms with Gasteiger partial charge in [-0.05, 0) is 29.8 Å². The Kier molecular flexibility index (Phi) is 3.97. The van der Waals surface area contributed by atoms with Gasteiger partial charge in [-0.1, -0.05) is 48.5 Å². The molecule has 1 aliphatic rings. The van der Waals surface area contributed by atoms with Gasteiger partial charge in [0.15, 0.2) is 5.71 Å².